The molecule has 0 bridgehead atoms. The van der Waals surface area contributed by atoms with E-state index in [1.165, 1.54) is 38.3 Å². The highest BCUT2D eigenvalue weighted by atomic mass is 79.9. The molecule has 1 saturated carbocycles. The van der Waals surface area contributed by atoms with Gasteiger partial charge < -0.3 is 4.90 Å². The summed E-state index contributed by atoms with van der Waals surface area (Å²) in [6, 6.07) is 0.498. The van der Waals surface area contributed by atoms with Crippen molar-refractivity contribution in [2.45, 2.75) is 45.1 Å². The van der Waals surface area contributed by atoms with Crippen LogP contribution >= 0.6 is 47.8 Å². The molecule has 0 amide bonds. The van der Waals surface area contributed by atoms with Crippen LogP contribution in [0.1, 0.15) is 60.0 Å². The van der Waals surface area contributed by atoms with E-state index in [1.807, 2.05) is 0 Å². The van der Waals surface area contributed by atoms with Gasteiger partial charge >= 0.3 is 0 Å². The number of aldehydes is 2. The number of carbonyl (C=O) groups excluding carboxylic acids is 2. The minimum Gasteiger partial charge on any atom is -0.352 e. The van der Waals surface area contributed by atoms with Gasteiger partial charge in [-0.25, -0.2) is 19.9 Å². The van der Waals surface area contributed by atoms with Gasteiger partial charge in [0.05, 0.1) is 12.4 Å². The van der Waals surface area contributed by atoms with Crippen LogP contribution in [0.2, 0.25) is 0 Å². The number of aromatic nitrogens is 4. The van der Waals surface area contributed by atoms with Crippen molar-refractivity contribution in [2.75, 3.05) is 11.4 Å². The summed E-state index contributed by atoms with van der Waals surface area (Å²) in [7, 11) is 0. The van der Waals surface area contributed by atoms with E-state index < -0.39 is 0 Å². The Hall–Kier alpha value is -1.26. The summed E-state index contributed by atoms with van der Waals surface area (Å²) in [6.45, 7) is 2.97. The molecule has 2 heterocycles. The van der Waals surface area contributed by atoms with E-state index in [0.29, 0.717) is 37.5 Å². The van der Waals surface area contributed by atoms with Gasteiger partial charge in [-0.3, -0.25) is 9.59 Å². The monoisotopic (exact) mass is 575 g/mol. The fourth-order valence-electron chi connectivity index (χ4n) is 3.09. The third-order valence-electron chi connectivity index (χ3n) is 4.32. The molecule has 10 heteroatoms. The molecule has 0 aromatic carbocycles. The highest BCUT2D eigenvalue weighted by Gasteiger charge is 2.23. The molecule has 0 atom stereocenters. The molecule has 0 spiro atoms. The Balaban J connectivity index is 0.000000237. The Kier molecular flexibility index (Phi) is 9.60. The predicted octanol–water partition coefficient (Wildman–Crippen LogP) is 5.02. The van der Waals surface area contributed by atoms with Crippen LogP contribution in [0.15, 0.2) is 26.2 Å². The van der Waals surface area contributed by atoms with Crippen molar-refractivity contribution in [1.82, 2.24) is 19.9 Å². The van der Waals surface area contributed by atoms with Crippen LogP contribution in [-0.4, -0.2) is 45.1 Å². The number of carbonyl (C=O) groups is 2. The quantitative estimate of drug-likeness (QED) is 0.461. The van der Waals surface area contributed by atoms with Gasteiger partial charge in [-0.1, -0.05) is 19.3 Å². The molecule has 28 heavy (non-hydrogen) atoms. The maximum Gasteiger partial charge on any atom is 0.172 e. The summed E-state index contributed by atoms with van der Waals surface area (Å²) < 4.78 is 1.62. The summed E-state index contributed by atoms with van der Waals surface area (Å²) in [5.41, 5.74) is 0.728. The first-order chi connectivity index (χ1) is 13.5. The predicted molar refractivity (Wildman–Crippen MR) is 118 cm³/mol. The molecule has 0 radical (unpaired) electrons. The normalized spacial score (nSPS) is 14.0. The zero-order valence-corrected chi connectivity index (χ0v) is 20.1. The van der Waals surface area contributed by atoms with Crippen LogP contribution in [-0.2, 0) is 0 Å². The molecule has 0 saturated heterocycles. The van der Waals surface area contributed by atoms with Gasteiger partial charge in [0, 0.05) is 12.6 Å². The fourth-order valence-corrected chi connectivity index (χ4v) is 3.96. The molecule has 0 unspecified atom stereocenters. The first-order valence-corrected chi connectivity index (χ1v) is 11.3. The molecular formula is C18H20Br3N5O2. The maximum absolute atomic E-state index is 11.1. The summed E-state index contributed by atoms with van der Waals surface area (Å²) in [4.78, 5) is 39.8. The molecule has 7 nitrogen and oxygen atoms in total. The average molecular weight is 578 g/mol. The molecule has 3 rings (SSSR count). The molecule has 1 fully saturated rings. The van der Waals surface area contributed by atoms with Crippen molar-refractivity contribution in [1.29, 1.82) is 0 Å². The van der Waals surface area contributed by atoms with E-state index in [-0.39, 0.29) is 0 Å². The highest BCUT2D eigenvalue weighted by molar-refractivity contribution is 9.11. The molecule has 2 aromatic rings. The van der Waals surface area contributed by atoms with Gasteiger partial charge in [0.1, 0.15) is 25.2 Å². The molecule has 0 N–H and O–H groups in total. The zero-order chi connectivity index (χ0) is 20.5. The van der Waals surface area contributed by atoms with Gasteiger partial charge in [-0.15, -0.1) is 0 Å². The first kappa shape index (κ1) is 23.0. The van der Waals surface area contributed by atoms with Crippen molar-refractivity contribution >= 4 is 66.2 Å². The average Bonchev–Trinajstić information content (AvgIpc) is 2.72. The largest absolute Gasteiger partial charge is 0.352 e. The lowest BCUT2D eigenvalue weighted by Crippen LogP contribution is -2.38. The third kappa shape index (κ3) is 6.38. The second kappa shape index (κ2) is 11.7. The second-order valence-electron chi connectivity index (χ2n) is 6.08. The van der Waals surface area contributed by atoms with E-state index in [1.54, 1.807) is 6.20 Å². The minimum atomic E-state index is 0.300. The lowest BCUT2D eigenvalue weighted by Gasteiger charge is -2.34. The Morgan fingerprint density at radius 3 is 2.07 bits per heavy atom. The van der Waals surface area contributed by atoms with Crippen LogP contribution in [0, 0.1) is 0 Å². The highest BCUT2D eigenvalue weighted by Crippen LogP contribution is 2.27. The maximum atomic E-state index is 11.1. The summed E-state index contributed by atoms with van der Waals surface area (Å²) >= 11 is 9.40. The SMILES string of the molecule is CCN(c1ncc(Br)nc1C=O)C1CCCCC1.O=Cc1nc(Br)cnc1Br. The van der Waals surface area contributed by atoms with Gasteiger partial charge in [0.2, 0.25) is 0 Å². The van der Waals surface area contributed by atoms with E-state index in [0.717, 1.165) is 18.6 Å². The molecule has 0 aliphatic heterocycles. The number of nitrogens with zero attached hydrogens (tertiary/aromatic N) is 5. The molecule has 150 valence electrons. The van der Waals surface area contributed by atoms with E-state index in [4.69, 9.17) is 0 Å². The Labute approximate surface area is 189 Å². The molecular weight excluding hydrogens is 558 g/mol. The van der Waals surface area contributed by atoms with Gasteiger partial charge in [0.25, 0.3) is 0 Å². The van der Waals surface area contributed by atoms with Crippen molar-refractivity contribution in [3.8, 4) is 0 Å². The van der Waals surface area contributed by atoms with Crippen LogP contribution in [0.25, 0.3) is 0 Å². The smallest absolute Gasteiger partial charge is 0.172 e. The number of rotatable bonds is 5. The zero-order valence-electron chi connectivity index (χ0n) is 15.3. The van der Waals surface area contributed by atoms with Crippen molar-refractivity contribution in [2.24, 2.45) is 0 Å². The van der Waals surface area contributed by atoms with Crippen LogP contribution < -0.4 is 4.90 Å². The molecule has 2 aromatic heterocycles. The van der Waals surface area contributed by atoms with Crippen molar-refractivity contribution in [3.05, 3.63) is 37.6 Å². The number of anilines is 1. The number of hydrogen-bond donors (Lipinski definition) is 0. The van der Waals surface area contributed by atoms with E-state index in [2.05, 4.69) is 79.5 Å². The van der Waals surface area contributed by atoms with Crippen LogP contribution in [0.5, 0.6) is 0 Å². The standard InChI is InChI=1S/C13H18BrN3O.C5H2Br2N2O/c1-2-17(10-6-4-3-5-7-10)13-11(9-18)16-12(14)8-15-13;6-4-1-8-5(7)3(2-10)9-4/h8-10H,2-7H2,1H3;1-2H. The third-order valence-corrected chi connectivity index (χ3v) is 5.70. The van der Waals surface area contributed by atoms with Crippen molar-refractivity contribution in [3.63, 3.8) is 0 Å². The number of hydrogen-bond acceptors (Lipinski definition) is 7. The Bertz CT molecular complexity index is 816. The topological polar surface area (TPSA) is 88.9 Å². The lowest BCUT2D eigenvalue weighted by molar-refractivity contribution is 0.111. The number of halogens is 3. The second-order valence-corrected chi connectivity index (χ2v) is 8.46. The van der Waals surface area contributed by atoms with E-state index in [9.17, 15) is 9.59 Å². The van der Waals surface area contributed by atoms with Gasteiger partial charge in [-0.2, -0.15) is 0 Å². The Morgan fingerprint density at radius 2 is 1.54 bits per heavy atom. The summed E-state index contributed by atoms with van der Waals surface area (Å²) in [6.07, 6.45) is 10.8. The summed E-state index contributed by atoms with van der Waals surface area (Å²) in [5.74, 6) is 0.725. The first-order valence-electron chi connectivity index (χ1n) is 8.87. The molecule has 1 aliphatic carbocycles. The minimum absolute atomic E-state index is 0.300. The van der Waals surface area contributed by atoms with Crippen LogP contribution in [0.4, 0.5) is 5.82 Å². The van der Waals surface area contributed by atoms with Crippen LogP contribution in [0.3, 0.4) is 0 Å². The van der Waals surface area contributed by atoms with E-state index >= 15 is 0 Å². The lowest BCUT2D eigenvalue weighted by atomic mass is 9.94. The molecule has 1 aliphatic rings. The van der Waals surface area contributed by atoms with Crippen molar-refractivity contribution < 1.29 is 9.59 Å². The fraction of sp³-hybridized carbons (Fsp3) is 0.444. The van der Waals surface area contributed by atoms with Gasteiger partial charge in [0.15, 0.2) is 18.4 Å². The van der Waals surface area contributed by atoms with Gasteiger partial charge in [-0.05, 0) is 67.6 Å². The Morgan fingerprint density at radius 1 is 0.964 bits per heavy atom. The summed E-state index contributed by atoms with van der Waals surface area (Å²) in [5, 5.41) is 0.